The first kappa shape index (κ1) is 17.3. The fourth-order valence-electron chi connectivity index (χ4n) is 2.44. The van der Waals surface area contributed by atoms with E-state index in [1.807, 2.05) is 0 Å². The Kier molecular flexibility index (Phi) is 4.90. The molecule has 1 aliphatic heterocycles. The standard InChI is InChI=1S/C16H13Cl2FO4S/c17-12-2-1-3-14(19)11(12)9-24(20,21)8-10-6-13(18)16-15(7-10)22-4-5-23-16/h1-3,6-7H,4-5,8-9H2. The Balaban J connectivity index is 1.86. The summed E-state index contributed by atoms with van der Waals surface area (Å²) in [6.45, 7) is 0.751. The Morgan fingerprint density at radius 1 is 1.04 bits per heavy atom. The van der Waals surface area contributed by atoms with Gasteiger partial charge in [0.25, 0.3) is 0 Å². The molecule has 1 aliphatic rings. The van der Waals surface area contributed by atoms with Gasteiger partial charge in [0.1, 0.15) is 19.0 Å². The molecule has 128 valence electrons. The van der Waals surface area contributed by atoms with E-state index in [2.05, 4.69) is 0 Å². The van der Waals surface area contributed by atoms with Crippen molar-refractivity contribution in [3.8, 4) is 11.5 Å². The van der Waals surface area contributed by atoms with Crippen LogP contribution < -0.4 is 9.47 Å². The molecule has 3 rings (SSSR count). The van der Waals surface area contributed by atoms with E-state index in [0.717, 1.165) is 0 Å². The molecule has 0 radical (unpaired) electrons. The van der Waals surface area contributed by atoms with Gasteiger partial charge < -0.3 is 9.47 Å². The molecule has 0 unspecified atom stereocenters. The van der Waals surface area contributed by atoms with Crippen molar-refractivity contribution in [2.75, 3.05) is 13.2 Å². The zero-order chi connectivity index (χ0) is 17.3. The number of hydrogen-bond acceptors (Lipinski definition) is 4. The van der Waals surface area contributed by atoms with Crippen molar-refractivity contribution in [1.29, 1.82) is 0 Å². The molecule has 0 aliphatic carbocycles. The number of halogens is 3. The summed E-state index contributed by atoms with van der Waals surface area (Å²) in [5.41, 5.74) is 0.402. The normalized spacial score (nSPS) is 13.8. The number of benzene rings is 2. The average molecular weight is 391 g/mol. The van der Waals surface area contributed by atoms with E-state index in [4.69, 9.17) is 32.7 Å². The second-order valence-electron chi connectivity index (χ2n) is 5.33. The van der Waals surface area contributed by atoms with Crippen molar-refractivity contribution in [3.05, 3.63) is 57.3 Å². The summed E-state index contributed by atoms with van der Waals surface area (Å²) in [6, 6.07) is 7.14. The molecule has 0 saturated heterocycles. The van der Waals surface area contributed by atoms with Crippen LogP contribution in [0.25, 0.3) is 0 Å². The largest absolute Gasteiger partial charge is 0.486 e. The average Bonchev–Trinajstić information content (AvgIpc) is 2.51. The lowest BCUT2D eigenvalue weighted by molar-refractivity contribution is 0.171. The van der Waals surface area contributed by atoms with Crippen LogP contribution in [0.2, 0.25) is 10.0 Å². The number of fused-ring (bicyclic) bond motifs is 1. The SMILES string of the molecule is O=S(=O)(Cc1cc(Cl)c2c(c1)OCCO2)Cc1c(F)cccc1Cl. The highest BCUT2D eigenvalue weighted by Crippen LogP contribution is 2.39. The Morgan fingerprint density at radius 3 is 2.54 bits per heavy atom. The van der Waals surface area contributed by atoms with Gasteiger partial charge in [-0.15, -0.1) is 0 Å². The third-order valence-electron chi connectivity index (χ3n) is 3.47. The van der Waals surface area contributed by atoms with Crippen molar-refractivity contribution in [2.45, 2.75) is 11.5 Å². The van der Waals surface area contributed by atoms with Gasteiger partial charge >= 0.3 is 0 Å². The summed E-state index contributed by atoms with van der Waals surface area (Å²) < 4.78 is 49.5. The molecule has 0 saturated carbocycles. The van der Waals surface area contributed by atoms with E-state index >= 15 is 0 Å². The summed E-state index contributed by atoms with van der Waals surface area (Å²) in [5, 5.41) is 0.361. The molecule has 4 nitrogen and oxygen atoms in total. The van der Waals surface area contributed by atoms with Gasteiger partial charge in [0.05, 0.1) is 16.5 Å². The highest BCUT2D eigenvalue weighted by molar-refractivity contribution is 7.89. The van der Waals surface area contributed by atoms with E-state index < -0.39 is 21.4 Å². The second-order valence-corrected chi connectivity index (χ2v) is 8.21. The molecular weight excluding hydrogens is 378 g/mol. The summed E-state index contributed by atoms with van der Waals surface area (Å²) in [7, 11) is -3.66. The molecule has 0 bridgehead atoms. The van der Waals surface area contributed by atoms with E-state index in [9.17, 15) is 12.8 Å². The van der Waals surface area contributed by atoms with Crippen LogP contribution in [0.3, 0.4) is 0 Å². The quantitative estimate of drug-likeness (QED) is 0.790. The molecule has 2 aromatic rings. The minimum atomic E-state index is -3.66. The van der Waals surface area contributed by atoms with Gasteiger partial charge in [-0.1, -0.05) is 29.3 Å². The molecule has 0 spiro atoms. The van der Waals surface area contributed by atoms with E-state index in [-0.39, 0.29) is 21.4 Å². The van der Waals surface area contributed by atoms with Crippen LogP contribution >= 0.6 is 23.2 Å². The van der Waals surface area contributed by atoms with Crippen molar-refractivity contribution in [3.63, 3.8) is 0 Å². The van der Waals surface area contributed by atoms with Crippen molar-refractivity contribution < 1.29 is 22.3 Å². The van der Waals surface area contributed by atoms with Gasteiger partial charge in [0, 0.05) is 10.6 Å². The van der Waals surface area contributed by atoms with E-state index in [1.54, 1.807) is 6.07 Å². The molecule has 2 aromatic carbocycles. The van der Waals surface area contributed by atoms with Crippen LogP contribution in [-0.2, 0) is 21.3 Å². The monoisotopic (exact) mass is 390 g/mol. The van der Waals surface area contributed by atoms with Crippen LogP contribution in [0.15, 0.2) is 30.3 Å². The second kappa shape index (κ2) is 6.78. The predicted octanol–water partition coefficient (Wildman–Crippen LogP) is 4.02. The minimum absolute atomic E-state index is 0.0391. The lowest BCUT2D eigenvalue weighted by atomic mass is 10.2. The van der Waals surface area contributed by atoms with E-state index in [0.29, 0.717) is 30.3 Å². The lowest BCUT2D eigenvalue weighted by Gasteiger charge is -2.20. The van der Waals surface area contributed by atoms with Crippen molar-refractivity contribution in [2.24, 2.45) is 0 Å². The highest BCUT2D eigenvalue weighted by atomic mass is 35.5. The first-order valence-electron chi connectivity index (χ1n) is 7.07. The van der Waals surface area contributed by atoms with Crippen molar-refractivity contribution >= 4 is 33.0 Å². The molecule has 0 atom stereocenters. The molecule has 24 heavy (non-hydrogen) atoms. The Bertz CT molecular complexity index is 864. The van der Waals surface area contributed by atoms with Gasteiger partial charge in [-0.3, -0.25) is 0 Å². The molecule has 0 fully saturated rings. The van der Waals surface area contributed by atoms with Crippen LogP contribution in [0.5, 0.6) is 11.5 Å². The van der Waals surface area contributed by atoms with Gasteiger partial charge in [-0.25, -0.2) is 12.8 Å². The van der Waals surface area contributed by atoms with Gasteiger partial charge in [-0.05, 0) is 29.8 Å². The third-order valence-corrected chi connectivity index (χ3v) is 5.61. The topological polar surface area (TPSA) is 52.6 Å². The van der Waals surface area contributed by atoms with Crippen molar-refractivity contribution in [1.82, 2.24) is 0 Å². The maximum atomic E-state index is 13.8. The smallest absolute Gasteiger partial charge is 0.179 e. The molecule has 0 N–H and O–H groups in total. The molecule has 1 heterocycles. The van der Waals surface area contributed by atoms with Crippen LogP contribution in [-0.4, -0.2) is 21.6 Å². The maximum absolute atomic E-state index is 13.8. The molecular formula is C16H13Cl2FO4S. The summed E-state index contributed by atoms with van der Waals surface area (Å²) in [4.78, 5) is 0. The Labute approximate surface area is 149 Å². The zero-order valence-electron chi connectivity index (χ0n) is 12.4. The van der Waals surface area contributed by atoms with Crippen LogP contribution in [0, 0.1) is 5.82 Å². The van der Waals surface area contributed by atoms with E-state index in [1.165, 1.54) is 24.3 Å². The fraction of sp³-hybridized carbons (Fsp3) is 0.250. The lowest BCUT2D eigenvalue weighted by Crippen LogP contribution is -2.16. The Morgan fingerprint density at radius 2 is 1.79 bits per heavy atom. The van der Waals surface area contributed by atoms with Crippen LogP contribution in [0.1, 0.15) is 11.1 Å². The number of hydrogen-bond donors (Lipinski definition) is 0. The minimum Gasteiger partial charge on any atom is -0.486 e. The summed E-state index contributed by atoms with van der Waals surface area (Å²) in [6.07, 6.45) is 0. The number of ether oxygens (including phenoxy) is 2. The fourth-order valence-corrected chi connectivity index (χ4v) is 4.55. The first-order valence-corrected chi connectivity index (χ1v) is 9.65. The van der Waals surface area contributed by atoms with Gasteiger partial charge in [0.15, 0.2) is 21.3 Å². The number of rotatable bonds is 4. The summed E-state index contributed by atoms with van der Waals surface area (Å²) >= 11 is 12.0. The zero-order valence-corrected chi connectivity index (χ0v) is 14.7. The highest BCUT2D eigenvalue weighted by Gasteiger charge is 2.22. The summed E-state index contributed by atoms with van der Waals surface area (Å²) in [5.74, 6) is -0.645. The maximum Gasteiger partial charge on any atom is 0.179 e. The number of sulfone groups is 1. The predicted molar refractivity (Wildman–Crippen MR) is 90.2 cm³/mol. The Hall–Kier alpha value is -1.50. The van der Waals surface area contributed by atoms with Gasteiger partial charge in [0.2, 0.25) is 0 Å². The first-order chi connectivity index (χ1) is 11.4. The van der Waals surface area contributed by atoms with Gasteiger partial charge in [-0.2, -0.15) is 0 Å². The molecule has 0 aromatic heterocycles. The molecule has 0 amide bonds. The molecule has 8 heteroatoms. The third kappa shape index (κ3) is 3.77. The van der Waals surface area contributed by atoms with Crippen LogP contribution in [0.4, 0.5) is 4.39 Å².